The van der Waals surface area contributed by atoms with E-state index in [-0.39, 0.29) is 12.6 Å². The van der Waals surface area contributed by atoms with Crippen molar-refractivity contribution in [2.45, 2.75) is 19.4 Å². The van der Waals surface area contributed by atoms with Crippen LogP contribution >= 0.6 is 0 Å². The number of hydrogen-bond acceptors (Lipinski definition) is 5. The molecule has 0 bridgehead atoms. The van der Waals surface area contributed by atoms with Gasteiger partial charge in [0.05, 0.1) is 12.6 Å². The van der Waals surface area contributed by atoms with Crippen LogP contribution < -0.4 is 19.7 Å². The van der Waals surface area contributed by atoms with Crippen LogP contribution in [0.5, 0.6) is 11.5 Å². The van der Waals surface area contributed by atoms with Crippen LogP contribution in [0.25, 0.3) is 0 Å². The minimum absolute atomic E-state index is 0.151. The average Bonchev–Trinajstić information content (AvgIpc) is 2.66. The molecule has 3 rings (SSSR count). The van der Waals surface area contributed by atoms with Gasteiger partial charge < -0.3 is 24.8 Å². The SMILES string of the molecule is CCC(Nc1ccc(N(C)CCO)cc1)c1ccc2c(c1)OCCO2. The molecule has 0 saturated carbocycles. The number of hydrogen-bond donors (Lipinski definition) is 2. The highest BCUT2D eigenvalue weighted by Crippen LogP contribution is 2.34. The summed E-state index contributed by atoms with van der Waals surface area (Å²) < 4.78 is 11.3. The van der Waals surface area contributed by atoms with Gasteiger partial charge in [0.15, 0.2) is 11.5 Å². The van der Waals surface area contributed by atoms with Crippen LogP contribution in [0.1, 0.15) is 24.9 Å². The predicted molar refractivity (Wildman–Crippen MR) is 101 cm³/mol. The van der Waals surface area contributed by atoms with Crippen LogP contribution in [-0.4, -0.2) is 38.5 Å². The van der Waals surface area contributed by atoms with Gasteiger partial charge in [-0.1, -0.05) is 13.0 Å². The van der Waals surface area contributed by atoms with E-state index in [1.165, 1.54) is 5.56 Å². The lowest BCUT2D eigenvalue weighted by Crippen LogP contribution is -2.21. The molecule has 5 heteroatoms. The largest absolute Gasteiger partial charge is 0.486 e. The Bertz CT molecular complexity index is 688. The third kappa shape index (κ3) is 4.17. The van der Waals surface area contributed by atoms with Crippen LogP contribution in [0.4, 0.5) is 11.4 Å². The van der Waals surface area contributed by atoms with Gasteiger partial charge in [-0.05, 0) is 48.4 Å². The van der Waals surface area contributed by atoms with Crippen LogP contribution in [0, 0.1) is 0 Å². The molecule has 1 heterocycles. The monoisotopic (exact) mass is 342 g/mol. The van der Waals surface area contributed by atoms with E-state index in [9.17, 15) is 0 Å². The summed E-state index contributed by atoms with van der Waals surface area (Å²) in [6.07, 6.45) is 0.964. The summed E-state index contributed by atoms with van der Waals surface area (Å²) in [5, 5.41) is 12.6. The van der Waals surface area contributed by atoms with E-state index in [0.29, 0.717) is 19.8 Å². The first-order valence-electron chi connectivity index (χ1n) is 8.79. The fraction of sp³-hybridized carbons (Fsp3) is 0.400. The molecule has 2 aromatic carbocycles. The summed E-state index contributed by atoms with van der Waals surface area (Å²) in [7, 11) is 1.97. The summed E-state index contributed by atoms with van der Waals surface area (Å²) in [6.45, 7) is 4.15. The van der Waals surface area contributed by atoms with Gasteiger partial charge in [-0.15, -0.1) is 0 Å². The first kappa shape index (κ1) is 17.4. The van der Waals surface area contributed by atoms with Gasteiger partial charge in [0.2, 0.25) is 0 Å². The first-order valence-corrected chi connectivity index (χ1v) is 8.79. The van der Waals surface area contributed by atoms with Gasteiger partial charge in [0.25, 0.3) is 0 Å². The number of nitrogens with zero attached hydrogens (tertiary/aromatic N) is 1. The summed E-state index contributed by atoms with van der Waals surface area (Å²) in [4.78, 5) is 2.03. The van der Waals surface area contributed by atoms with E-state index in [1.54, 1.807) is 0 Å². The predicted octanol–water partition coefficient (Wildman–Crippen LogP) is 3.45. The van der Waals surface area contributed by atoms with Crippen molar-refractivity contribution >= 4 is 11.4 Å². The van der Waals surface area contributed by atoms with Gasteiger partial charge in [0, 0.05) is 25.0 Å². The van der Waals surface area contributed by atoms with E-state index in [4.69, 9.17) is 14.6 Å². The van der Waals surface area contributed by atoms with Gasteiger partial charge >= 0.3 is 0 Å². The van der Waals surface area contributed by atoms with Crippen molar-refractivity contribution in [2.75, 3.05) is 43.6 Å². The highest BCUT2D eigenvalue weighted by atomic mass is 16.6. The zero-order valence-electron chi connectivity index (χ0n) is 14.9. The molecule has 0 aliphatic carbocycles. The van der Waals surface area contributed by atoms with E-state index in [1.807, 2.05) is 18.0 Å². The standard InChI is InChI=1S/C20H26N2O3/c1-3-18(15-4-9-19-20(14-15)25-13-12-24-19)21-16-5-7-17(8-6-16)22(2)10-11-23/h4-9,14,18,21,23H,3,10-13H2,1-2H3. The fourth-order valence-electron chi connectivity index (χ4n) is 2.99. The quantitative estimate of drug-likeness (QED) is 0.807. The molecule has 0 fully saturated rings. The maximum Gasteiger partial charge on any atom is 0.161 e. The van der Waals surface area contributed by atoms with Gasteiger partial charge in [-0.3, -0.25) is 0 Å². The van der Waals surface area contributed by atoms with E-state index in [2.05, 4.69) is 48.6 Å². The Balaban J connectivity index is 1.71. The normalized spacial score (nSPS) is 14.0. The summed E-state index contributed by atoms with van der Waals surface area (Å²) in [5.41, 5.74) is 3.35. The second-order valence-corrected chi connectivity index (χ2v) is 6.20. The Hall–Kier alpha value is -2.40. The topological polar surface area (TPSA) is 54.0 Å². The van der Waals surface area contributed by atoms with E-state index in [0.717, 1.165) is 29.3 Å². The Morgan fingerprint density at radius 1 is 1.08 bits per heavy atom. The van der Waals surface area contributed by atoms with E-state index < -0.39 is 0 Å². The van der Waals surface area contributed by atoms with Crippen LogP contribution in [0.2, 0.25) is 0 Å². The number of likely N-dealkylation sites (N-methyl/N-ethyl adjacent to an activating group) is 1. The van der Waals surface area contributed by atoms with E-state index >= 15 is 0 Å². The highest BCUT2D eigenvalue weighted by molar-refractivity contribution is 5.56. The molecule has 1 unspecified atom stereocenters. The van der Waals surface area contributed by atoms with Crippen molar-refractivity contribution in [3.8, 4) is 11.5 Å². The summed E-state index contributed by atoms with van der Waals surface area (Å²) in [5.74, 6) is 1.64. The molecule has 134 valence electrons. The lowest BCUT2D eigenvalue weighted by atomic mass is 10.0. The summed E-state index contributed by atoms with van der Waals surface area (Å²) in [6, 6.07) is 14.6. The molecule has 1 aliphatic rings. The lowest BCUT2D eigenvalue weighted by molar-refractivity contribution is 0.171. The Morgan fingerprint density at radius 2 is 1.80 bits per heavy atom. The molecule has 1 aliphatic heterocycles. The molecule has 0 saturated heterocycles. The number of aliphatic hydroxyl groups excluding tert-OH is 1. The molecule has 2 N–H and O–H groups in total. The molecule has 0 amide bonds. The van der Waals surface area contributed by atoms with Crippen LogP contribution in [-0.2, 0) is 0 Å². The molecule has 0 aromatic heterocycles. The molecule has 0 radical (unpaired) electrons. The molecule has 5 nitrogen and oxygen atoms in total. The van der Waals surface area contributed by atoms with Crippen molar-refractivity contribution in [1.29, 1.82) is 0 Å². The smallest absolute Gasteiger partial charge is 0.161 e. The zero-order valence-corrected chi connectivity index (χ0v) is 14.9. The van der Waals surface area contributed by atoms with Crippen molar-refractivity contribution in [3.63, 3.8) is 0 Å². The van der Waals surface area contributed by atoms with Crippen molar-refractivity contribution < 1.29 is 14.6 Å². The highest BCUT2D eigenvalue weighted by Gasteiger charge is 2.16. The number of ether oxygens (including phenoxy) is 2. The summed E-state index contributed by atoms with van der Waals surface area (Å²) >= 11 is 0. The number of fused-ring (bicyclic) bond motifs is 1. The Kier molecular flexibility index (Phi) is 5.66. The third-order valence-corrected chi connectivity index (χ3v) is 4.46. The average molecular weight is 342 g/mol. The molecule has 1 atom stereocenters. The van der Waals surface area contributed by atoms with Crippen LogP contribution in [0.15, 0.2) is 42.5 Å². The van der Waals surface area contributed by atoms with Gasteiger partial charge in [-0.2, -0.15) is 0 Å². The maximum absolute atomic E-state index is 9.04. The number of anilines is 2. The fourth-order valence-corrected chi connectivity index (χ4v) is 2.99. The zero-order chi connectivity index (χ0) is 17.6. The van der Waals surface area contributed by atoms with Crippen molar-refractivity contribution in [2.24, 2.45) is 0 Å². The molecular weight excluding hydrogens is 316 g/mol. The molecular formula is C20H26N2O3. The van der Waals surface area contributed by atoms with Gasteiger partial charge in [0.1, 0.15) is 13.2 Å². The Morgan fingerprint density at radius 3 is 2.48 bits per heavy atom. The molecule has 2 aromatic rings. The number of rotatable bonds is 7. The second kappa shape index (κ2) is 8.12. The van der Waals surface area contributed by atoms with Gasteiger partial charge in [-0.25, -0.2) is 0 Å². The molecule has 0 spiro atoms. The number of aliphatic hydroxyl groups is 1. The third-order valence-electron chi connectivity index (χ3n) is 4.46. The number of benzene rings is 2. The maximum atomic E-state index is 9.04. The molecule has 25 heavy (non-hydrogen) atoms. The Labute approximate surface area is 149 Å². The minimum atomic E-state index is 0.151. The van der Waals surface area contributed by atoms with Crippen molar-refractivity contribution in [3.05, 3.63) is 48.0 Å². The number of nitrogens with one attached hydrogen (secondary N) is 1. The van der Waals surface area contributed by atoms with Crippen molar-refractivity contribution in [1.82, 2.24) is 0 Å². The second-order valence-electron chi connectivity index (χ2n) is 6.20. The lowest BCUT2D eigenvalue weighted by Gasteiger charge is -2.23. The minimum Gasteiger partial charge on any atom is -0.486 e. The first-order chi connectivity index (χ1) is 12.2. The van der Waals surface area contributed by atoms with Crippen LogP contribution in [0.3, 0.4) is 0 Å².